The normalized spacial score (nSPS) is 13.9. The van der Waals surface area contributed by atoms with Gasteiger partial charge in [0.15, 0.2) is 0 Å². The molecule has 2 N–H and O–H groups in total. The van der Waals surface area contributed by atoms with Crippen molar-refractivity contribution in [2.45, 2.75) is 38.8 Å². The third kappa shape index (κ3) is 5.81. The second-order valence-corrected chi connectivity index (χ2v) is 5.66. The van der Waals surface area contributed by atoms with Crippen LogP contribution in [0.2, 0.25) is 0 Å². The Morgan fingerprint density at radius 2 is 1.62 bits per heavy atom. The molecule has 0 saturated heterocycles. The van der Waals surface area contributed by atoms with Crippen molar-refractivity contribution in [2.75, 3.05) is 27.4 Å². The van der Waals surface area contributed by atoms with Gasteiger partial charge in [-0.15, -0.1) is 0 Å². The number of methoxy groups -OCH3 is 2. The summed E-state index contributed by atoms with van der Waals surface area (Å²) in [5.74, 6) is 2.07. The molecule has 0 bridgehead atoms. The highest BCUT2D eigenvalue weighted by molar-refractivity contribution is 5.41. The zero-order chi connectivity index (χ0) is 15.9. The quantitative estimate of drug-likeness (QED) is 0.732. The van der Waals surface area contributed by atoms with Crippen molar-refractivity contribution in [3.05, 3.63) is 18.2 Å². The summed E-state index contributed by atoms with van der Waals surface area (Å²) in [5.41, 5.74) is -0.350. The standard InChI is InChI=1S/C16H27NO4/c1-12(2)17-16(3,11-18)6-7-21-15-9-13(19-4)8-14(10-15)20-5/h8-10,12,17-18H,6-7,11H2,1-5H3. The van der Waals surface area contributed by atoms with Crippen LogP contribution in [0, 0.1) is 0 Å². The molecule has 0 saturated carbocycles. The smallest absolute Gasteiger partial charge is 0.126 e. The number of rotatable bonds is 9. The highest BCUT2D eigenvalue weighted by atomic mass is 16.5. The summed E-state index contributed by atoms with van der Waals surface area (Å²) in [5, 5.41) is 12.9. The lowest BCUT2D eigenvalue weighted by molar-refractivity contribution is 0.136. The van der Waals surface area contributed by atoms with Crippen LogP contribution in [-0.4, -0.2) is 44.1 Å². The molecule has 0 spiro atoms. The van der Waals surface area contributed by atoms with E-state index in [4.69, 9.17) is 14.2 Å². The predicted octanol–water partition coefficient (Wildman–Crippen LogP) is 2.22. The maximum Gasteiger partial charge on any atom is 0.126 e. The number of hydrogen-bond donors (Lipinski definition) is 2. The lowest BCUT2D eigenvalue weighted by atomic mass is 9.98. The van der Waals surface area contributed by atoms with Gasteiger partial charge in [0.2, 0.25) is 0 Å². The monoisotopic (exact) mass is 297 g/mol. The summed E-state index contributed by atoms with van der Waals surface area (Å²) in [7, 11) is 3.21. The minimum absolute atomic E-state index is 0.0654. The van der Waals surface area contributed by atoms with Crippen LogP contribution in [0.5, 0.6) is 17.2 Å². The first-order chi connectivity index (χ1) is 9.92. The number of aliphatic hydroxyl groups excluding tert-OH is 1. The molecule has 1 aromatic carbocycles. The first kappa shape index (κ1) is 17.6. The second kappa shape index (κ2) is 8.10. The van der Waals surface area contributed by atoms with Crippen LogP contribution in [0.1, 0.15) is 27.2 Å². The summed E-state index contributed by atoms with van der Waals surface area (Å²) in [6.45, 7) is 6.66. The van der Waals surface area contributed by atoms with Crippen molar-refractivity contribution >= 4 is 0 Å². The maximum absolute atomic E-state index is 9.54. The molecule has 1 aromatic rings. The van der Waals surface area contributed by atoms with E-state index in [2.05, 4.69) is 19.2 Å². The Morgan fingerprint density at radius 1 is 1.10 bits per heavy atom. The average molecular weight is 297 g/mol. The van der Waals surface area contributed by atoms with Crippen molar-refractivity contribution < 1.29 is 19.3 Å². The summed E-state index contributed by atoms with van der Waals surface area (Å²) in [6.07, 6.45) is 0.696. The minimum Gasteiger partial charge on any atom is -0.496 e. The molecular weight excluding hydrogens is 270 g/mol. The first-order valence-electron chi connectivity index (χ1n) is 7.17. The number of aliphatic hydroxyl groups is 1. The van der Waals surface area contributed by atoms with Gasteiger partial charge in [-0.2, -0.15) is 0 Å². The molecule has 5 nitrogen and oxygen atoms in total. The Balaban J connectivity index is 2.62. The predicted molar refractivity (Wildman–Crippen MR) is 83.4 cm³/mol. The van der Waals surface area contributed by atoms with Crippen LogP contribution < -0.4 is 19.5 Å². The molecule has 0 aliphatic carbocycles. The van der Waals surface area contributed by atoms with E-state index in [9.17, 15) is 5.11 Å². The highest BCUT2D eigenvalue weighted by Crippen LogP contribution is 2.27. The fourth-order valence-electron chi connectivity index (χ4n) is 2.15. The Labute approximate surface area is 127 Å². The molecule has 0 radical (unpaired) electrons. The zero-order valence-corrected chi connectivity index (χ0v) is 13.6. The fraction of sp³-hybridized carbons (Fsp3) is 0.625. The Hall–Kier alpha value is -1.46. The molecule has 0 amide bonds. The summed E-state index contributed by atoms with van der Waals surface area (Å²) < 4.78 is 16.2. The third-order valence-electron chi connectivity index (χ3n) is 3.23. The van der Waals surface area contributed by atoms with Gasteiger partial charge in [0.25, 0.3) is 0 Å². The van der Waals surface area contributed by atoms with E-state index in [0.29, 0.717) is 36.3 Å². The van der Waals surface area contributed by atoms with Gasteiger partial charge in [-0.25, -0.2) is 0 Å². The average Bonchev–Trinajstić information content (AvgIpc) is 2.46. The fourth-order valence-corrected chi connectivity index (χ4v) is 2.15. The Kier molecular flexibility index (Phi) is 6.78. The van der Waals surface area contributed by atoms with Crippen molar-refractivity contribution in [3.8, 4) is 17.2 Å². The molecule has 0 fully saturated rings. The van der Waals surface area contributed by atoms with Crippen molar-refractivity contribution in [1.82, 2.24) is 5.32 Å². The second-order valence-electron chi connectivity index (χ2n) is 5.66. The van der Waals surface area contributed by atoms with Gasteiger partial charge in [0.1, 0.15) is 17.2 Å². The van der Waals surface area contributed by atoms with E-state index >= 15 is 0 Å². The molecule has 21 heavy (non-hydrogen) atoms. The zero-order valence-electron chi connectivity index (χ0n) is 13.6. The molecule has 0 aromatic heterocycles. The SMILES string of the molecule is COc1cc(OC)cc(OCCC(C)(CO)NC(C)C)c1. The van der Waals surface area contributed by atoms with E-state index in [1.54, 1.807) is 20.3 Å². The molecule has 0 aliphatic heterocycles. The van der Waals surface area contributed by atoms with Gasteiger partial charge in [-0.05, 0) is 6.92 Å². The van der Waals surface area contributed by atoms with Gasteiger partial charge in [0.05, 0.1) is 27.4 Å². The molecule has 1 atom stereocenters. The third-order valence-corrected chi connectivity index (χ3v) is 3.23. The number of ether oxygens (including phenoxy) is 3. The van der Waals surface area contributed by atoms with E-state index < -0.39 is 0 Å². The number of benzene rings is 1. The van der Waals surface area contributed by atoms with E-state index in [-0.39, 0.29) is 12.1 Å². The molecule has 1 rings (SSSR count). The molecule has 1 unspecified atom stereocenters. The van der Waals surface area contributed by atoms with Crippen LogP contribution in [0.4, 0.5) is 0 Å². The van der Waals surface area contributed by atoms with Gasteiger partial charge >= 0.3 is 0 Å². The largest absolute Gasteiger partial charge is 0.496 e. The van der Waals surface area contributed by atoms with Gasteiger partial charge < -0.3 is 24.6 Å². The highest BCUT2D eigenvalue weighted by Gasteiger charge is 2.23. The molecular formula is C16H27NO4. The topological polar surface area (TPSA) is 60.0 Å². The van der Waals surface area contributed by atoms with Crippen molar-refractivity contribution in [3.63, 3.8) is 0 Å². The Bertz CT molecular complexity index is 414. The Morgan fingerprint density at radius 3 is 2.05 bits per heavy atom. The molecule has 120 valence electrons. The van der Waals surface area contributed by atoms with E-state index in [0.717, 1.165) is 0 Å². The van der Waals surface area contributed by atoms with E-state index in [1.807, 2.05) is 19.1 Å². The van der Waals surface area contributed by atoms with Gasteiger partial charge in [0, 0.05) is 36.2 Å². The van der Waals surface area contributed by atoms with Crippen LogP contribution in [-0.2, 0) is 0 Å². The molecule has 5 heteroatoms. The number of hydrogen-bond acceptors (Lipinski definition) is 5. The van der Waals surface area contributed by atoms with Gasteiger partial charge in [-0.3, -0.25) is 0 Å². The summed E-state index contributed by atoms with van der Waals surface area (Å²) >= 11 is 0. The lowest BCUT2D eigenvalue weighted by Gasteiger charge is -2.31. The van der Waals surface area contributed by atoms with Gasteiger partial charge in [-0.1, -0.05) is 13.8 Å². The lowest BCUT2D eigenvalue weighted by Crippen LogP contribution is -2.49. The molecule has 0 aliphatic rings. The van der Waals surface area contributed by atoms with Crippen LogP contribution in [0.15, 0.2) is 18.2 Å². The van der Waals surface area contributed by atoms with Crippen LogP contribution in [0.25, 0.3) is 0 Å². The van der Waals surface area contributed by atoms with Crippen LogP contribution in [0.3, 0.4) is 0 Å². The molecule has 0 heterocycles. The van der Waals surface area contributed by atoms with E-state index in [1.165, 1.54) is 0 Å². The summed E-state index contributed by atoms with van der Waals surface area (Å²) in [6, 6.07) is 5.73. The summed E-state index contributed by atoms with van der Waals surface area (Å²) in [4.78, 5) is 0. The van der Waals surface area contributed by atoms with Crippen molar-refractivity contribution in [2.24, 2.45) is 0 Å². The van der Waals surface area contributed by atoms with Crippen LogP contribution >= 0.6 is 0 Å². The first-order valence-corrected chi connectivity index (χ1v) is 7.17. The number of nitrogens with one attached hydrogen (secondary N) is 1. The minimum atomic E-state index is -0.350. The maximum atomic E-state index is 9.54. The van der Waals surface area contributed by atoms with Crippen molar-refractivity contribution in [1.29, 1.82) is 0 Å².